The predicted molar refractivity (Wildman–Crippen MR) is 79.2 cm³/mol. The van der Waals surface area contributed by atoms with Crippen molar-refractivity contribution in [2.75, 3.05) is 25.5 Å². The monoisotopic (exact) mass is 329 g/mol. The van der Waals surface area contributed by atoms with Crippen LogP contribution in [0.15, 0.2) is 18.2 Å². The number of nitrogens with zero attached hydrogens (tertiary/aromatic N) is 1. The highest BCUT2D eigenvalue weighted by Gasteiger charge is 2.39. The van der Waals surface area contributed by atoms with E-state index < -0.39 is 24.7 Å². The Bertz CT molecular complexity index is 616. The Morgan fingerprint density at radius 1 is 1.39 bits per heavy atom. The summed E-state index contributed by atoms with van der Waals surface area (Å²) in [5, 5.41) is 5.40. The zero-order valence-electron chi connectivity index (χ0n) is 12.8. The van der Waals surface area contributed by atoms with Crippen LogP contribution in [0, 0.1) is 6.92 Å². The fraction of sp³-hybridized carbons (Fsp3) is 0.467. The van der Waals surface area contributed by atoms with Gasteiger partial charge in [-0.2, -0.15) is 13.2 Å². The van der Waals surface area contributed by atoms with Gasteiger partial charge >= 0.3 is 6.18 Å². The van der Waals surface area contributed by atoms with E-state index in [4.69, 9.17) is 0 Å². The number of amides is 2. The quantitative estimate of drug-likeness (QED) is 0.887. The lowest BCUT2D eigenvalue weighted by Crippen LogP contribution is -2.39. The second-order valence-corrected chi connectivity index (χ2v) is 5.49. The molecule has 0 unspecified atom stereocenters. The minimum atomic E-state index is -4.42. The maximum atomic E-state index is 12.4. The van der Waals surface area contributed by atoms with Crippen LogP contribution in [0.3, 0.4) is 0 Å². The summed E-state index contributed by atoms with van der Waals surface area (Å²) in [4.78, 5) is 24.7. The van der Waals surface area contributed by atoms with E-state index in [-0.39, 0.29) is 18.9 Å². The van der Waals surface area contributed by atoms with Crippen molar-refractivity contribution in [2.45, 2.75) is 25.6 Å². The van der Waals surface area contributed by atoms with Crippen LogP contribution >= 0.6 is 0 Å². The van der Waals surface area contributed by atoms with Gasteiger partial charge in [0.25, 0.3) is 5.91 Å². The minimum absolute atomic E-state index is 0.0389. The number of hydrogen-bond acceptors (Lipinski definition) is 3. The SMILES string of the molecule is CNC(=O)c1cc(C)ccc1N[C@H]1CCN(CC(F)(F)F)C1=O. The number of carbonyl (C=O) groups excluding carboxylic acids is 2. The first-order valence-corrected chi connectivity index (χ1v) is 7.16. The molecule has 0 aliphatic carbocycles. The van der Waals surface area contributed by atoms with Gasteiger partial charge in [0.1, 0.15) is 12.6 Å². The van der Waals surface area contributed by atoms with Crippen LogP contribution < -0.4 is 10.6 Å². The number of anilines is 1. The van der Waals surface area contributed by atoms with Crippen LogP contribution in [0.2, 0.25) is 0 Å². The number of nitrogens with one attached hydrogen (secondary N) is 2. The van der Waals surface area contributed by atoms with Crippen LogP contribution in [0.25, 0.3) is 0 Å². The lowest BCUT2D eigenvalue weighted by molar-refractivity contribution is -0.157. The summed E-state index contributed by atoms with van der Waals surface area (Å²) in [6, 6.07) is 4.32. The lowest BCUT2D eigenvalue weighted by Gasteiger charge is -2.20. The number of rotatable bonds is 4. The number of alkyl halides is 3. The van der Waals surface area contributed by atoms with Gasteiger partial charge in [-0.05, 0) is 25.5 Å². The van der Waals surface area contributed by atoms with E-state index in [0.29, 0.717) is 11.3 Å². The normalized spacial score (nSPS) is 18.2. The summed E-state index contributed by atoms with van der Waals surface area (Å²) in [7, 11) is 1.49. The van der Waals surface area contributed by atoms with Gasteiger partial charge in [-0.15, -0.1) is 0 Å². The molecule has 2 rings (SSSR count). The zero-order valence-corrected chi connectivity index (χ0v) is 12.8. The summed E-state index contributed by atoms with van der Waals surface area (Å²) >= 11 is 0. The van der Waals surface area contributed by atoms with Crippen LogP contribution in [0.1, 0.15) is 22.3 Å². The van der Waals surface area contributed by atoms with Gasteiger partial charge < -0.3 is 15.5 Å². The molecular weight excluding hydrogens is 311 g/mol. The van der Waals surface area contributed by atoms with Crippen molar-refractivity contribution in [2.24, 2.45) is 0 Å². The Morgan fingerprint density at radius 3 is 2.70 bits per heavy atom. The van der Waals surface area contributed by atoms with Gasteiger partial charge in [0.2, 0.25) is 5.91 Å². The smallest absolute Gasteiger partial charge is 0.373 e. The number of carbonyl (C=O) groups is 2. The van der Waals surface area contributed by atoms with Crippen molar-refractivity contribution >= 4 is 17.5 Å². The lowest BCUT2D eigenvalue weighted by atomic mass is 10.1. The molecule has 0 radical (unpaired) electrons. The summed E-state index contributed by atoms with van der Waals surface area (Å²) in [6.45, 7) is 0.611. The van der Waals surface area contributed by atoms with Crippen molar-refractivity contribution in [1.82, 2.24) is 10.2 Å². The molecule has 1 aliphatic rings. The third-order valence-electron chi connectivity index (χ3n) is 3.64. The molecule has 5 nitrogen and oxygen atoms in total. The van der Waals surface area contributed by atoms with E-state index in [9.17, 15) is 22.8 Å². The largest absolute Gasteiger partial charge is 0.406 e. The second-order valence-electron chi connectivity index (χ2n) is 5.49. The minimum Gasteiger partial charge on any atom is -0.373 e. The molecule has 0 aromatic heterocycles. The second kappa shape index (κ2) is 6.47. The third kappa shape index (κ3) is 4.14. The number of aryl methyl sites for hydroxylation is 1. The summed E-state index contributed by atoms with van der Waals surface area (Å²) in [5.41, 5.74) is 1.65. The van der Waals surface area contributed by atoms with Gasteiger partial charge in [-0.1, -0.05) is 11.6 Å². The molecule has 1 aromatic carbocycles. The highest BCUT2D eigenvalue weighted by Crippen LogP contribution is 2.25. The maximum Gasteiger partial charge on any atom is 0.406 e. The predicted octanol–water partition coefficient (Wildman–Crippen LogP) is 1.93. The molecule has 0 spiro atoms. The average molecular weight is 329 g/mol. The van der Waals surface area contributed by atoms with Crippen molar-refractivity contribution in [3.63, 3.8) is 0 Å². The Labute approximate surface area is 131 Å². The Balaban J connectivity index is 2.14. The van der Waals surface area contributed by atoms with Crippen LogP contribution in [-0.4, -0.2) is 49.1 Å². The Kier molecular flexibility index (Phi) is 4.82. The molecule has 0 bridgehead atoms. The van der Waals surface area contributed by atoms with Crippen LogP contribution in [-0.2, 0) is 4.79 Å². The number of hydrogen-bond donors (Lipinski definition) is 2. The van der Waals surface area contributed by atoms with Gasteiger partial charge in [0.15, 0.2) is 0 Å². The molecule has 126 valence electrons. The van der Waals surface area contributed by atoms with Gasteiger partial charge in [0.05, 0.1) is 5.56 Å². The Morgan fingerprint density at radius 2 is 2.09 bits per heavy atom. The first-order chi connectivity index (χ1) is 10.7. The molecule has 23 heavy (non-hydrogen) atoms. The number of benzene rings is 1. The van der Waals surface area contributed by atoms with Gasteiger partial charge in [-0.3, -0.25) is 9.59 Å². The highest BCUT2D eigenvalue weighted by molar-refractivity contribution is 6.00. The molecule has 1 aliphatic heterocycles. The first-order valence-electron chi connectivity index (χ1n) is 7.16. The van der Waals surface area contributed by atoms with Gasteiger partial charge in [0, 0.05) is 19.3 Å². The molecule has 1 fully saturated rings. The number of halogens is 3. The van der Waals surface area contributed by atoms with E-state index in [1.54, 1.807) is 18.2 Å². The average Bonchev–Trinajstić information content (AvgIpc) is 2.79. The van der Waals surface area contributed by atoms with Crippen molar-refractivity contribution in [1.29, 1.82) is 0 Å². The molecule has 1 atom stereocenters. The highest BCUT2D eigenvalue weighted by atomic mass is 19.4. The standard InChI is InChI=1S/C15H18F3N3O2/c1-9-3-4-11(10(7-9)13(22)19-2)20-12-5-6-21(14(12)23)8-15(16,17)18/h3-4,7,12,20H,5-6,8H2,1-2H3,(H,19,22)/t12-/m0/s1. The molecule has 2 amide bonds. The topological polar surface area (TPSA) is 61.4 Å². The Hall–Kier alpha value is -2.25. The van der Waals surface area contributed by atoms with Crippen molar-refractivity contribution in [3.8, 4) is 0 Å². The molecule has 2 N–H and O–H groups in total. The maximum absolute atomic E-state index is 12.4. The van der Waals surface area contributed by atoms with E-state index in [1.165, 1.54) is 7.05 Å². The molecule has 1 heterocycles. The van der Waals surface area contributed by atoms with Crippen molar-refractivity contribution in [3.05, 3.63) is 29.3 Å². The summed E-state index contributed by atoms with van der Waals surface area (Å²) in [6.07, 6.45) is -4.16. The fourth-order valence-corrected chi connectivity index (χ4v) is 2.54. The molecular formula is C15H18F3N3O2. The summed E-state index contributed by atoms with van der Waals surface area (Å²) in [5.74, 6) is -0.931. The molecule has 8 heteroatoms. The molecule has 0 saturated carbocycles. The van der Waals surface area contributed by atoms with Crippen molar-refractivity contribution < 1.29 is 22.8 Å². The summed E-state index contributed by atoms with van der Waals surface area (Å²) < 4.78 is 37.3. The molecule has 1 saturated heterocycles. The van der Waals surface area contributed by atoms with E-state index in [0.717, 1.165) is 10.5 Å². The van der Waals surface area contributed by atoms with E-state index >= 15 is 0 Å². The molecule has 1 aromatic rings. The van der Waals surface area contributed by atoms with Crippen LogP contribution in [0.5, 0.6) is 0 Å². The first kappa shape index (κ1) is 17.1. The van der Waals surface area contributed by atoms with E-state index in [1.807, 2.05) is 6.92 Å². The van der Waals surface area contributed by atoms with Crippen LogP contribution in [0.4, 0.5) is 18.9 Å². The number of likely N-dealkylation sites (tertiary alicyclic amines) is 1. The third-order valence-corrected chi connectivity index (χ3v) is 3.64. The van der Waals surface area contributed by atoms with E-state index in [2.05, 4.69) is 10.6 Å². The van der Waals surface area contributed by atoms with Gasteiger partial charge in [-0.25, -0.2) is 0 Å². The fourth-order valence-electron chi connectivity index (χ4n) is 2.54. The zero-order chi connectivity index (χ0) is 17.2.